The van der Waals surface area contributed by atoms with Crippen molar-refractivity contribution in [3.8, 4) is 5.75 Å². The average Bonchev–Trinajstić information content (AvgIpc) is 2.71. The van der Waals surface area contributed by atoms with Gasteiger partial charge in [-0.2, -0.15) is 0 Å². The Morgan fingerprint density at radius 2 is 1.52 bits per heavy atom. The van der Waals surface area contributed by atoms with E-state index in [1.54, 1.807) is 18.2 Å². The molecule has 3 rings (SSSR count). The van der Waals surface area contributed by atoms with Crippen LogP contribution in [0.5, 0.6) is 5.75 Å². The lowest BCUT2D eigenvalue weighted by Crippen LogP contribution is -2.60. The number of rotatable bonds is 6. The molecule has 164 valence electrons. The molecule has 11 nitrogen and oxygen atoms in total. The maximum Gasteiger partial charge on any atom is 0.187 e. The van der Waals surface area contributed by atoms with Gasteiger partial charge in [-0.1, -0.05) is 18.2 Å². The molecule has 2 saturated heterocycles. The smallest absolute Gasteiger partial charge is 0.187 e. The molecule has 2 heterocycles. The zero-order valence-corrected chi connectivity index (χ0v) is 15.4. The van der Waals surface area contributed by atoms with Crippen LogP contribution in [0.25, 0.3) is 0 Å². The van der Waals surface area contributed by atoms with E-state index in [1.165, 1.54) is 6.07 Å². The highest BCUT2D eigenvalue weighted by Crippen LogP contribution is 2.26. The van der Waals surface area contributed by atoms with Crippen molar-refractivity contribution < 1.29 is 54.7 Å². The maximum atomic E-state index is 10.1. The third-order valence-electron chi connectivity index (χ3n) is 4.94. The molecule has 0 spiro atoms. The van der Waals surface area contributed by atoms with Crippen molar-refractivity contribution in [2.75, 3.05) is 13.2 Å². The van der Waals surface area contributed by atoms with Crippen molar-refractivity contribution in [3.05, 3.63) is 29.8 Å². The van der Waals surface area contributed by atoms with Gasteiger partial charge in [-0.25, -0.2) is 0 Å². The number of aliphatic hydroxyl groups is 6. The number of aromatic hydroxyl groups is 1. The van der Waals surface area contributed by atoms with Crippen molar-refractivity contribution in [2.45, 2.75) is 61.9 Å². The van der Waals surface area contributed by atoms with Crippen molar-refractivity contribution in [1.82, 2.24) is 0 Å². The van der Waals surface area contributed by atoms with Gasteiger partial charge < -0.3 is 54.7 Å². The maximum absolute atomic E-state index is 10.1. The highest BCUT2D eigenvalue weighted by atomic mass is 16.7. The van der Waals surface area contributed by atoms with Crippen molar-refractivity contribution in [2.24, 2.45) is 0 Å². The predicted molar refractivity (Wildman–Crippen MR) is 93.3 cm³/mol. The van der Waals surface area contributed by atoms with Crippen LogP contribution in [0.4, 0.5) is 0 Å². The second-order valence-corrected chi connectivity index (χ2v) is 7.04. The van der Waals surface area contributed by atoms with Crippen molar-refractivity contribution >= 4 is 0 Å². The van der Waals surface area contributed by atoms with E-state index < -0.39 is 55.3 Å². The largest absolute Gasteiger partial charge is 0.508 e. The number of hydrogen-bond donors (Lipinski definition) is 7. The molecular formula is C18H26O11. The van der Waals surface area contributed by atoms with Crippen LogP contribution < -0.4 is 0 Å². The van der Waals surface area contributed by atoms with Gasteiger partial charge in [0.1, 0.15) is 48.5 Å². The van der Waals surface area contributed by atoms with Gasteiger partial charge in [-0.15, -0.1) is 0 Å². The minimum Gasteiger partial charge on any atom is -0.508 e. The van der Waals surface area contributed by atoms with E-state index in [1.807, 2.05) is 0 Å². The molecule has 1 aromatic rings. The Balaban J connectivity index is 1.58. The number of benzene rings is 1. The molecule has 1 aromatic carbocycles. The van der Waals surface area contributed by atoms with Crippen LogP contribution in [-0.4, -0.2) is 104 Å². The molecule has 0 amide bonds. The van der Waals surface area contributed by atoms with E-state index in [-0.39, 0.29) is 25.6 Å². The van der Waals surface area contributed by atoms with Crippen LogP contribution in [0.1, 0.15) is 5.56 Å². The van der Waals surface area contributed by atoms with Gasteiger partial charge in [0.05, 0.1) is 19.8 Å². The second kappa shape index (κ2) is 9.62. The fourth-order valence-electron chi connectivity index (χ4n) is 3.11. The molecule has 0 radical (unpaired) electrons. The first-order chi connectivity index (χ1) is 13.8. The number of para-hydroxylation sites is 1. The molecular weight excluding hydrogens is 392 g/mol. The first-order valence-corrected chi connectivity index (χ1v) is 9.15. The lowest BCUT2D eigenvalue weighted by Gasteiger charge is -2.41. The summed E-state index contributed by atoms with van der Waals surface area (Å²) in [4.78, 5) is 0. The van der Waals surface area contributed by atoms with E-state index >= 15 is 0 Å². The Morgan fingerprint density at radius 3 is 2.24 bits per heavy atom. The molecule has 0 saturated carbocycles. The predicted octanol–water partition coefficient (Wildman–Crippen LogP) is -2.83. The van der Waals surface area contributed by atoms with Crippen LogP contribution in [0, 0.1) is 0 Å². The third kappa shape index (κ3) is 5.03. The summed E-state index contributed by atoms with van der Waals surface area (Å²) in [6.45, 7) is -0.754. The molecule has 9 atom stereocenters. The monoisotopic (exact) mass is 418 g/mol. The topological polar surface area (TPSA) is 179 Å². The second-order valence-electron chi connectivity index (χ2n) is 7.04. The van der Waals surface area contributed by atoms with E-state index in [0.29, 0.717) is 5.56 Å². The van der Waals surface area contributed by atoms with E-state index in [2.05, 4.69) is 0 Å². The number of hydrogen-bond acceptors (Lipinski definition) is 11. The van der Waals surface area contributed by atoms with Gasteiger partial charge in [0, 0.05) is 5.56 Å². The zero-order valence-electron chi connectivity index (χ0n) is 15.4. The molecule has 29 heavy (non-hydrogen) atoms. The Morgan fingerprint density at radius 1 is 0.828 bits per heavy atom. The number of ether oxygens (including phenoxy) is 4. The molecule has 0 bridgehead atoms. The summed E-state index contributed by atoms with van der Waals surface area (Å²) in [6, 6.07) is 6.40. The molecule has 2 aliphatic heterocycles. The van der Waals surface area contributed by atoms with Crippen LogP contribution in [0.15, 0.2) is 24.3 Å². The highest BCUT2D eigenvalue weighted by Gasteiger charge is 2.45. The Hall–Kier alpha value is -1.38. The van der Waals surface area contributed by atoms with Gasteiger partial charge in [0.25, 0.3) is 0 Å². The molecule has 0 unspecified atom stereocenters. The standard InChI is InChI=1S/C18H26O11/c19-9-4-2-1-3-8(9)5-26-18-16(25)14(23)13(22)11(29-18)7-28-17-15(24)12(21)10(20)6-27-17/h1-4,10-25H,5-7H2/t10-,11-,12+,13-,14+,15-,16-,17+,18-/m1/s1. The molecule has 2 fully saturated rings. The first-order valence-electron chi connectivity index (χ1n) is 9.15. The molecule has 0 aromatic heterocycles. The van der Waals surface area contributed by atoms with Gasteiger partial charge in [-0.05, 0) is 6.07 Å². The van der Waals surface area contributed by atoms with Crippen molar-refractivity contribution in [1.29, 1.82) is 0 Å². The molecule has 0 aliphatic carbocycles. The number of phenolic OH excluding ortho intramolecular Hbond substituents is 1. The quantitative estimate of drug-likeness (QED) is 0.253. The first kappa shape index (κ1) is 22.3. The van der Waals surface area contributed by atoms with Gasteiger partial charge in [-0.3, -0.25) is 0 Å². The van der Waals surface area contributed by atoms with Gasteiger partial charge in [0.2, 0.25) is 0 Å². The number of phenols is 1. The van der Waals surface area contributed by atoms with Gasteiger partial charge >= 0.3 is 0 Å². The lowest BCUT2D eigenvalue weighted by molar-refractivity contribution is -0.322. The summed E-state index contributed by atoms with van der Waals surface area (Å²) in [5.74, 6) is -0.0116. The van der Waals surface area contributed by atoms with Crippen LogP contribution >= 0.6 is 0 Å². The fourth-order valence-corrected chi connectivity index (χ4v) is 3.11. The fraction of sp³-hybridized carbons (Fsp3) is 0.667. The minimum atomic E-state index is -1.60. The van der Waals surface area contributed by atoms with Gasteiger partial charge in [0.15, 0.2) is 12.6 Å². The summed E-state index contributed by atoms with van der Waals surface area (Å²) >= 11 is 0. The Labute approximate surface area is 166 Å². The van der Waals surface area contributed by atoms with E-state index in [4.69, 9.17) is 18.9 Å². The summed E-state index contributed by atoms with van der Waals surface area (Å²) in [7, 11) is 0. The SMILES string of the molecule is Oc1ccccc1CO[C@@H]1O[C@H](CO[C@@H]2OC[C@@H](O)[C@H](O)[C@H]2O)[C@@H](O)[C@H](O)[C@H]1O. The van der Waals surface area contributed by atoms with E-state index in [9.17, 15) is 35.7 Å². The summed E-state index contributed by atoms with van der Waals surface area (Å²) < 4.78 is 21.3. The average molecular weight is 418 g/mol. The normalized spacial score (nSPS) is 40.7. The Kier molecular flexibility index (Phi) is 7.40. The van der Waals surface area contributed by atoms with Crippen LogP contribution in [-0.2, 0) is 25.6 Å². The summed E-state index contributed by atoms with van der Waals surface area (Å²) in [6.07, 6.45) is -12.7. The minimum absolute atomic E-state index is 0.0116. The third-order valence-corrected chi connectivity index (χ3v) is 4.94. The molecule has 7 N–H and O–H groups in total. The van der Waals surface area contributed by atoms with Crippen LogP contribution in [0.2, 0.25) is 0 Å². The number of aliphatic hydroxyl groups excluding tert-OH is 6. The Bertz CT molecular complexity index is 658. The van der Waals surface area contributed by atoms with Crippen molar-refractivity contribution in [3.63, 3.8) is 0 Å². The molecule has 11 heteroatoms. The summed E-state index contributed by atoms with van der Waals surface area (Å²) in [5.41, 5.74) is 0.433. The zero-order chi connectivity index (χ0) is 21.1. The lowest BCUT2D eigenvalue weighted by atomic mass is 9.99. The van der Waals surface area contributed by atoms with Crippen LogP contribution in [0.3, 0.4) is 0 Å². The van der Waals surface area contributed by atoms with E-state index in [0.717, 1.165) is 0 Å². The highest BCUT2D eigenvalue weighted by molar-refractivity contribution is 5.30. The molecule has 2 aliphatic rings. The summed E-state index contributed by atoms with van der Waals surface area (Å²) in [5, 5.41) is 69.1.